The molecule has 1 N–H and O–H groups in total. The third kappa shape index (κ3) is 2.16. The van der Waals surface area contributed by atoms with Crippen molar-refractivity contribution in [3.63, 3.8) is 0 Å². The first kappa shape index (κ1) is 12.5. The number of pyridine rings is 1. The maximum absolute atomic E-state index is 12.3. The number of rotatable bonds is 2. The van der Waals surface area contributed by atoms with Gasteiger partial charge in [-0.3, -0.25) is 9.78 Å². The van der Waals surface area contributed by atoms with E-state index < -0.39 is 0 Å². The van der Waals surface area contributed by atoms with Crippen molar-refractivity contribution in [1.82, 2.24) is 19.6 Å². The summed E-state index contributed by atoms with van der Waals surface area (Å²) < 4.78 is 1.73. The lowest BCUT2D eigenvalue weighted by Gasteiger charge is -2.05. The normalized spacial score (nSPS) is 10.9. The molecule has 4 aromatic rings. The van der Waals surface area contributed by atoms with Crippen molar-refractivity contribution in [3.05, 3.63) is 66.7 Å². The molecule has 0 aliphatic carbocycles. The molecule has 106 valence electrons. The van der Waals surface area contributed by atoms with Crippen LogP contribution in [0.15, 0.2) is 61.1 Å². The van der Waals surface area contributed by atoms with Gasteiger partial charge < -0.3 is 5.32 Å². The zero-order chi connectivity index (χ0) is 14.9. The molecule has 0 radical (unpaired) electrons. The molecule has 4 rings (SSSR count). The first-order valence-electron chi connectivity index (χ1n) is 6.76. The third-order valence-corrected chi connectivity index (χ3v) is 3.34. The minimum atomic E-state index is -0.290. The topological polar surface area (TPSA) is 72.2 Å². The van der Waals surface area contributed by atoms with Crippen LogP contribution in [0.5, 0.6) is 0 Å². The Balaban J connectivity index is 1.64. The van der Waals surface area contributed by atoms with Gasteiger partial charge in [0.05, 0.1) is 22.7 Å². The molecule has 0 unspecified atom stereocenters. The third-order valence-electron chi connectivity index (χ3n) is 3.34. The Bertz CT molecular complexity index is 992. The van der Waals surface area contributed by atoms with Crippen LogP contribution in [0.25, 0.3) is 16.6 Å². The van der Waals surface area contributed by atoms with Crippen LogP contribution in [-0.2, 0) is 0 Å². The number of amides is 1. The standard InChI is InChI=1S/C16H11N5O/c22-16(15-10-17-13-3-1-2-4-14(13)20-15)19-11-6-8-21-12(9-11)5-7-18-21/h1-10H,(H,19,22). The van der Waals surface area contributed by atoms with Crippen LogP contribution in [0.1, 0.15) is 10.5 Å². The Morgan fingerprint density at radius 3 is 2.86 bits per heavy atom. The van der Waals surface area contributed by atoms with Gasteiger partial charge in [-0.2, -0.15) is 5.10 Å². The maximum atomic E-state index is 12.3. The Kier molecular flexibility index (Phi) is 2.79. The maximum Gasteiger partial charge on any atom is 0.275 e. The summed E-state index contributed by atoms with van der Waals surface area (Å²) in [6.07, 6.45) is 4.97. The number of para-hydroxylation sites is 2. The summed E-state index contributed by atoms with van der Waals surface area (Å²) in [5.74, 6) is -0.290. The number of aromatic nitrogens is 4. The molecule has 3 heterocycles. The van der Waals surface area contributed by atoms with Crippen LogP contribution in [0.3, 0.4) is 0 Å². The molecule has 0 atom stereocenters. The number of carbonyl (C=O) groups is 1. The van der Waals surface area contributed by atoms with E-state index in [-0.39, 0.29) is 11.6 Å². The van der Waals surface area contributed by atoms with E-state index in [1.165, 1.54) is 6.20 Å². The second-order valence-corrected chi connectivity index (χ2v) is 4.81. The number of carbonyl (C=O) groups excluding carboxylic acids is 1. The van der Waals surface area contributed by atoms with Crippen LogP contribution in [0.4, 0.5) is 5.69 Å². The highest BCUT2D eigenvalue weighted by atomic mass is 16.1. The summed E-state index contributed by atoms with van der Waals surface area (Å²) >= 11 is 0. The largest absolute Gasteiger partial charge is 0.320 e. The highest BCUT2D eigenvalue weighted by molar-refractivity contribution is 6.03. The lowest BCUT2D eigenvalue weighted by molar-refractivity contribution is 0.102. The summed E-state index contributed by atoms with van der Waals surface area (Å²) in [4.78, 5) is 20.9. The van der Waals surface area contributed by atoms with Crippen molar-refractivity contribution in [2.75, 3.05) is 5.32 Å². The van der Waals surface area contributed by atoms with E-state index in [1.54, 1.807) is 23.0 Å². The van der Waals surface area contributed by atoms with Crippen LogP contribution >= 0.6 is 0 Å². The molecule has 0 spiro atoms. The minimum Gasteiger partial charge on any atom is -0.320 e. The van der Waals surface area contributed by atoms with E-state index in [0.717, 1.165) is 11.0 Å². The van der Waals surface area contributed by atoms with E-state index in [2.05, 4.69) is 20.4 Å². The van der Waals surface area contributed by atoms with Crippen molar-refractivity contribution in [3.8, 4) is 0 Å². The molecule has 0 saturated carbocycles. The fourth-order valence-corrected chi connectivity index (χ4v) is 2.26. The quantitative estimate of drug-likeness (QED) is 0.615. The summed E-state index contributed by atoms with van der Waals surface area (Å²) in [7, 11) is 0. The van der Waals surface area contributed by atoms with Crippen molar-refractivity contribution < 1.29 is 4.79 Å². The number of hydrogen-bond acceptors (Lipinski definition) is 4. The molecule has 0 aliphatic rings. The molecule has 1 amide bonds. The first-order chi connectivity index (χ1) is 10.8. The number of nitrogens with one attached hydrogen (secondary N) is 1. The molecule has 0 bridgehead atoms. The van der Waals surface area contributed by atoms with E-state index in [0.29, 0.717) is 11.2 Å². The molecule has 0 aliphatic heterocycles. The van der Waals surface area contributed by atoms with E-state index in [4.69, 9.17) is 0 Å². The fourth-order valence-electron chi connectivity index (χ4n) is 2.26. The number of benzene rings is 1. The summed E-state index contributed by atoms with van der Waals surface area (Å²) in [5.41, 5.74) is 3.34. The predicted octanol–water partition coefficient (Wildman–Crippen LogP) is 2.53. The van der Waals surface area contributed by atoms with E-state index in [1.807, 2.05) is 36.4 Å². The lowest BCUT2D eigenvalue weighted by atomic mass is 10.3. The zero-order valence-corrected chi connectivity index (χ0v) is 11.5. The second-order valence-electron chi connectivity index (χ2n) is 4.81. The number of fused-ring (bicyclic) bond motifs is 2. The van der Waals surface area contributed by atoms with E-state index >= 15 is 0 Å². The lowest BCUT2D eigenvalue weighted by Crippen LogP contribution is -2.14. The fraction of sp³-hybridized carbons (Fsp3) is 0. The first-order valence-corrected chi connectivity index (χ1v) is 6.76. The molecule has 0 fully saturated rings. The molecule has 0 saturated heterocycles. The van der Waals surface area contributed by atoms with Gasteiger partial charge in [0.25, 0.3) is 5.91 Å². The van der Waals surface area contributed by atoms with Gasteiger partial charge in [0.2, 0.25) is 0 Å². The van der Waals surface area contributed by atoms with Gasteiger partial charge in [-0.15, -0.1) is 0 Å². The van der Waals surface area contributed by atoms with Gasteiger partial charge in [-0.25, -0.2) is 9.50 Å². The van der Waals surface area contributed by atoms with Crippen LogP contribution in [0.2, 0.25) is 0 Å². The molecule has 6 heteroatoms. The molecule has 3 aromatic heterocycles. The Morgan fingerprint density at radius 2 is 1.95 bits per heavy atom. The number of anilines is 1. The van der Waals surface area contributed by atoms with Gasteiger partial charge in [-0.05, 0) is 30.3 Å². The molecular weight excluding hydrogens is 278 g/mol. The van der Waals surface area contributed by atoms with Crippen molar-refractivity contribution in [2.24, 2.45) is 0 Å². The smallest absolute Gasteiger partial charge is 0.275 e. The molecule has 22 heavy (non-hydrogen) atoms. The average Bonchev–Trinajstić information content (AvgIpc) is 3.02. The highest BCUT2D eigenvalue weighted by Gasteiger charge is 2.10. The van der Waals surface area contributed by atoms with Crippen molar-refractivity contribution >= 4 is 28.1 Å². The average molecular weight is 289 g/mol. The Labute approximate surface area is 125 Å². The predicted molar refractivity (Wildman–Crippen MR) is 82.7 cm³/mol. The molecular formula is C16H11N5O. The number of hydrogen-bond donors (Lipinski definition) is 1. The summed E-state index contributed by atoms with van der Waals surface area (Å²) in [5, 5.41) is 6.94. The van der Waals surface area contributed by atoms with Crippen LogP contribution in [0, 0.1) is 0 Å². The summed E-state index contributed by atoms with van der Waals surface area (Å²) in [6.45, 7) is 0. The molecule has 1 aromatic carbocycles. The Hall–Kier alpha value is -3.28. The van der Waals surface area contributed by atoms with Crippen molar-refractivity contribution in [1.29, 1.82) is 0 Å². The van der Waals surface area contributed by atoms with Gasteiger partial charge in [0, 0.05) is 18.1 Å². The monoisotopic (exact) mass is 289 g/mol. The van der Waals surface area contributed by atoms with Crippen molar-refractivity contribution in [2.45, 2.75) is 0 Å². The van der Waals surface area contributed by atoms with Gasteiger partial charge >= 0.3 is 0 Å². The minimum absolute atomic E-state index is 0.284. The highest BCUT2D eigenvalue weighted by Crippen LogP contribution is 2.13. The zero-order valence-electron chi connectivity index (χ0n) is 11.5. The van der Waals surface area contributed by atoms with Gasteiger partial charge in [0.1, 0.15) is 5.69 Å². The van der Waals surface area contributed by atoms with Gasteiger partial charge in [-0.1, -0.05) is 12.1 Å². The van der Waals surface area contributed by atoms with Crippen LogP contribution < -0.4 is 5.32 Å². The SMILES string of the molecule is O=C(Nc1ccn2nccc2c1)c1cnc2ccccc2n1. The van der Waals surface area contributed by atoms with E-state index in [9.17, 15) is 4.79 Å². The molecule has 6 nitrogen and oxygen atoms in total. The van der Waals surface area contributed by atoms with Crippen LogP contribution in [-0.4, -0.2) is 25.5 Å². The second kappa shape index (κ2) is 4.92. The van der Waals surface area contributed by atoms with Gasteiger partial charge in [0.15, 0.2) is 0 Å². The Morgan fingerprint density at radius 1 is 1.09 bits per heavy atom. The number of nitrogens with zero attached hydrogens (tertiary/aromatic N) is 4. The summed E-state index contributed by atoms with van der Waals surface area (Å²) in [6, 6.07) is 12.9.